The van der Waals surface area contributed by atoms with Gasteiger partial charge in [-0.1, -0.05) is 24.6 Å². The van der Waals surface area contributed by atoms with Crippen molar-refractivity contribution in [2.75, 3.05) is 12.3 Å². The third kappa shape index (κ3) is 4.07. The van der Waals surface area contributed by atoms with Gasteiger partial charge in [0.1, 0.15) is 18.1 Å². The van der Waals surface area contributed by atoms with Crippen molar-refractivity contribution in [1.82, 2.24) is 0 Å². The van der Waals surface area contributed by atoms with Crippen LogP contribution >= 0.6 is 11.6 Å². The molecule has 2 N–H and O–H groups in total. The summed E-state index contributed by atoms with van der Waals surface area (Å²) in [5.74, 6) is 1.65. The summed E-state index contributed by atoms with van der Waals surface area (Å²) in [5, 5.41) is 0.561. The normalized spacial score (nSPS) is 10.3. The lowest BCUT2D eigenvalue weighted by Gasteiger charge is -2.09. The van der Waals surface area contributed by atoms with Crippen LogP contribution in [0.2, 0.25) is 5.02 Å². The fraction of sp³-hybridized carbons (Fsp3) is 0.250. The number of nitrogen functional groups attached to an aromatic ring is 1. The summed E-state index contributed by atoms with van der Waals surface area (Å²) in [6.07, 6.45) is 0.996. The van der Waals surface area contributed by atoms with Gasteiger partial charge in [-0.05, 0) is 48.4 Å². The molecule has 20 heavy (non-hydrogen) atoms. The van der Waals surface area contributed by atoms with Crippen LogP contribution in [-0.4, -0.2) is 6.61 Å². The van der Waals surface area contributed by atoms with E-state index in [1.807, 2.05) is 36.4 Å². The largest absolute Gasteiger partial charge is 0.494 e. The SMILES string of the molecule is CCCOc1ccc(OCc2ccc(Cl)c(N)c2)cc1. The molecule has 0 spiro atoms. The summed E-state index contributed by atoms with van der Waals surface area (Å²) in [7, 11) is 0. The van der Waals surface area contributed by atoms with Crippen LogP contribution in [0, 0.1) is 0 Å². The van der Waals surface area contributed by atoms with Crippen molar-refractivity contribution in [2.24, 2.45) is 0 Å². The van der Waals surface area contributed by atoms with Gasteiger partial charge in [-0.15, -0.1) is 0 Å². The zero-order valence-corrected chi connectivity index (χ0v) is 12.2. The zero-order valence-electron chi connectivity index (χ0n) is 11.4. The number of hydrogen-bond donors (Lipinski definition) is 1. The van der Waals surface area contributed by atoms with Crippen molar-refractivity contribution < 1.29 is 9.47 Å². The Kier molecular flexibility index (Phi) is 5.13. The molecule has 0 atom stereocenters. The van der Waals surface area contributed by atoms with Crippen molar-refractivity contribution >= 4 is 17.3 Å². The van der Waals surface area contributed by atoms with Gasteiger partial charge in [0.05, 0.1) is 17.3 Å². The predicted molar refractivity (Wildman–Crippen MR) is 82.4 cm³/mol. The molecule has 0 aliphatic heterocycles. The molecule has 0 aromatic heterocycles. The molecule has 0 bridgehead atoms. The highest BCUT2D eigenvalue weighted by Crippen LogP contribution is 2.22. The quantitative estimate of drug-likeness (QED) is 0.808. The van der Waals surface area contributed by atoms with Gasteiger partial charge in [-0.2, -0.15) is 0 Å². The molecular formula is C16H18ClNO2. The number of halogens is 1. The number of ether oxygens (including phenoxy) is 2. The minimum absolute atomic E-state index is 0.455. The molecule has 0 saturated carbocycles. The van der Waals surface area contributed by atoms with E-state index in [1.165, 1.54) is 0 Å². The lowest BCUT2D eigenvalue weighted by atomic mass is 10.2. The maximum atomic E-state index is 5.88. The van der Waals surface area contributed by atoms with Crippen LogP contribution < -0.4 is 15.2 Å². The van der Waals surface area contributed by atoms with Crippen LogP contribution in [0.25, 0.3) is 0 Å². The molecule has 0 aliphatic carbocycles. The molecule has 0 fully saturated rings. The monoisotopic (exact) mass is 291 g/mol. The van der Waals surface area contributed by atoms with Crippen molar-refractivity contribution in [1.29, 1.82) is 0 Å². The lowest BCUT2D eigenvalue weighted by molar-refractivity contribution is 0.301. The second kappa shape index (κ2) is 7.06. The van der Waals surface area contributed by atoms with Crippen molar-refractivity contribution in [3.63, 3.8) is 0 Å². The second-order valence-corrected chi connectivity index (χ2v) is 4.87. The van der Waals surface area contributed by atoms with Crippen LogP contribution in [0.1, 0.15) is 18.9 Å². The van der Waals surface area contributed by atoms with Crippen LogP contribution in [0.3, 0.4) is 0 Å². The summed E-state index contributed by atoms with van der Waals surface area (Å²) in [5.41, 5.74) is 7.30. The van der Waals surface area contributed by atoms with E-state index in [0.29, 0.717) is 17.3 Å². The van der Waals surface area contributed by atoms with Crippen molar-refractivity contribution in [3.05, 3.63) is 53.1 Å². The van der Waals surface area contributed by atoms with Crippen LogP contribution in [0.5, 0.6) is 11.5 Å². The van der Waals surface area contributed by atoms with E-state index >= 15 is 0 Å². The minimum atomic E-state index is 0.455. The van der Waals surface area contributed by atoms with E-state index in [0.717, 1.165) is 30.1 Å². The van der Waals surface area contributed by atoms with E-state index in [4.69, 9.17) is 26.8 Å². The first-order valence-electron chi connectivity index (χ1n) is 6.58. The highest BCUT2D eigenvalue weighted by molar-refractivity contribution is 6.33. The van der Waals surface area contributed by atoms with Gasteiger partial charge < -0.3 is 15.2 Å². The Morgan fingerprint density at radius 3 is 2.25 bits per heavy atom. The number of anilines is 1. The molecule has 0 heterocycles. The van der Waals surface area contributed by atoms with E-state index in [9.17, 15) is 0 Å². The molecule has 2 rings (SSSR count). The highest BCUT2D eigenvalue weighted by atomic mass is 35.5. The number of hydrogen-bond acceptors (Lipinski definition) is 3. The molecule has 0 aliphatic rings. The number of rotatable bonds is 6. The Morgan fingerprint density at radius 1 is 1.00 bits per heavy atom. The van der Waals surface area contributed by atoms with E-state index in [-0.39, 0.29) is 0 Å². The molecule has 0 radical (unpaired) electrons. The Morgan fingerprint density at radius 2 is 1.65 bits per heavy atom. The number of nitrogens with two attached hydrogens (primary N) is 1. The van der Waals surface area contributed by atoms with Crippen LogP contribution in [0.15, 0.2) is 42.5 Å². The summed E-state index contributed by atoms with van der Waals surface area (Å²) < 4.78 is 11.2. The molecule has 0 unspecified atom stereocenters. The van der Waals surface area contributed by atoms with E-state index in [2.05, 4.69) is 6.92 Å². The maximum Gasteiger partial charge on any atom is 0.120 e. The van der Waals surface area contributed by atoms with Gasteiger partial charge in [0.2, 0.25) is 0 Å². The lowest BCUT2D eigenvalue weighted by Crippen LogP contribution is -1.98. The van der Waals surface area contributed by atoms with Gasteiger partial charge >= 0.3 is 0 Å². The third-order valence-corrected chi connectivity index (χ3v) is 3.11. The smallest absolute Gasteiger partial charge is 0.120 e. The molecule has 0 saturated heterocycles. The van der Waals surface area contributed by atoms with Crippen LogP contribution in [-0.2, 0) is 6.61 Å². The molecule has 4 heteroatoms. The molecule has 3 nitrogen and oxygen atoms in total. The van der Waals surface area contributed by atoms with Crippen LogP contribution in [0.4, 0.5) is 5.69 Å². The van der Waals surface area contributed by atoms with Gasteiger partial charge in [-0.25, -0.2) is 0 Å². The standard InChI is InChI=1S/C16H18ClNO2/c1-2-9-19-13-4-6-14(7-5-13)20-11-12-3-8-15(17)16(18)10-12/h3-8,10H,2,9,11,18H2,1H3. The first-order chi connectivity index (χ1) is 9.69. The number of benzene rings is 2. The fourth-order valence-electron chi connectivity index (χ4n) is 1.70. The first-order valence-corrected chi connectivity index (χ1v) is 6.96. The van der Waals surface area contributed by atoms with Gasteiger partial charge in [-0.3, -0.25) is 0 Å². The summed E-state index contributed by atoms with van der Waals surface area (Å²) in [6.45, 7) is 3.26. The summed E-state index contributed by atoms with van der Waals surface area (Å²) >= 11 is 5.88. The molecule has 106 valence electrons. The Bertz CT molecular complexity index is 555. The molecule has 2 aromatic rings. The second-order valence-electron chi connectivity index (χ2n) is 4.46. The highest BCUT2D eigenvalue weighted by Gasteiger charge is 2.00. The molecule has 0 amide bonds. The third-order valence-electron chi connectivity index (χ3n) is 2.76. The zero-order chi connectivity index (χ0) is 14.4. The van der Waals surface area contributed by atoms with E-state index in [1.54, 1.807) is 6.07 Å². The van der Waals surface area contributed by atoms with Crippen molar-refractivity contribution in [3.8, 4) is 11.5 Å². The Hall–Kier alpha value is -1.87. The fourth-order valence-corrected chi connectivity index (χ4v) is 1.82. The average molecular weight is 292 g/mol. The van der Waals surface area contributed by atoms with E-state index < -0.39 is 0 Å². The van der Waals surface area contributed by atoms with Gasteiger partial charge in [0.15, 0.2) is 0 Å². The minimum Gasteiger partial charge on any atom is -0.494 e. The van der Waals surface area contributed by atoms with Crippen molar-refractivity contribution in [2.45, 2.75) is 20.0 Å². The topological polar surface area (TPSA) is 44.5 Å². The first kappa shape index (κ1) is 14.5. The average Bonchev–Trinajstić information content (AvgIpc) is 2.47. The molecular weight excluding hydrogens is 274 g/mol. The summed E-state index contributed by atoms with van der Waals surface area (Å²) in [6, 6.07) is 13.1. The predicted octanol–water partition coefficient (Wildman–Crippen LogP) is 4.29. The summed E-state index contributed by atoms with van der Waals surface area (Å²) in [4.78, 5) is 0. The van der Waals surface area contributed by atoms with Gasteiger partial charge in [0.25, 0.3) is 0 Å². The molecule has 2 aromatic carbocycles. The Balaban J connectivity index is 1.91. The Labute approximate surface area is 124 Å². The maximum absolute atomic E-state index is 5.88. The van der Waals surface area contributed by atoms with Gasteiger partial charge in [0, 0.05) is 0 Å².